The molecule has 1 rings (SSSR count). The number of rotatable bonds is 5. The molecule has 0 heterocycles. The third-order valence-corrected chi connectivity index (χ3v) is 4.50. The van der Waals surface area contributed by atoms with Gasteiger partial charge in [-0.1, -0.05) is 19.1 Å². The van der Waals surface area contributed by atoms with Crippen molar-refractivity contribution in [3.8, 4) is 6.07 Å². The van der Waals surface area contributed by atoms with E-state index in [0.29, 0.717) is 6.42 Å². The Kier molecular flexibility index (Phi) is 4.46. The maximum Gasteiger partial charge on any atom is 0.242 e. The van der Waals surface area contributed by atoms with E-state index in [0.717, 1.165) is 0 Å². The molecule has 6 heteroatoms. The highest BCUT2D eigenvalue weighted by Crippen LogP contribution is 2.18. The second kappa shape index (κ2) is 5.48. The summed E-state index contributed by atoms with van der Waals surface area (Å²) >= 11 is 0. The molecular weight excluding hydrogens is 252 g/mol. The highest BCUT2D eigenvalue weighted by atomic mass is 32.2. The van der Waals surface area contributed by atoms with Crippen molar-refractivity contribution in [1.82, 2.24) is 4.72 Å². The van der Waals surface area contributed by atoms with Crippen LogP contribution in [0.4, 0.5) is 0 Å². The summed E-state index contributed by atoms with van der Waals surface area (Å²) in [5.41, 5.74) is -0.845. The summed E-state index contributed by atoms with van der Waals surface area (Å²) in [6, 6.07) is 7.81. The fraction of sp³-hybridized carbons (Fsp3) is 0.417. The van der Waals surface area contributed by atoms with Crippen molar-refractivity contribution in [3.63, 3.8) is 0 Å². The molecule has 2 N–H and O–H groups in total. The number of aliphatic hydroxyl groups is 1. The molecule has 0 radical (unpaired) electrons. The summed E-state index contributed by atoms with van der Waals surface area (Å²) < 4.78 is 26.8. The number of nitriles is 1. The van der Waals surface area contributed by atoms with Crippen molar-refractivity contribution in [2.24, 2.45) is 0 Å². The van der Waals surface area contributed by atoms with Gasteiger partial charge in [-0.05, 0) is 25.5 Å². The maximum atomic E-state index is 12.2. The average molecular weight is 268 g/mol. The van der Waals surface area contributed by atoms with Crippen molar-refractivity contribution < 1.29 is 13.5 Å². The van der Waals surface area contributed by atoms with E-state index < -0.39 is 15.6 Å². The zero-order valence-corrected chi connectivity index (χ0v) is 11.2. The summed E-state index contributed by atoms with van der Waals surface area (Å²) in [6.07, 6.45) is 0.442. The number of sulfonamides is 1. The molecule has 0 saturated heterocycles. The van der Waals surface area contributed by atoms with Crippen LogP contribution in [0.3, 0.4) is 0 Å². The molecule has 0 aliphatic heterocycles. The van der Waals surface area contributed by atoms with Gasteiger partial charge >= 0.3 is 0 Å². The van der Waals surface area contributed by atoms with E-state index >= 15 is 0 Å². The molecule has 0 aliphatic rings. The van der Waals surface area contributed by atoms with Gasteiger partial charge in [-0.25, -0.2) is 13.1 Å². The Balaban J connectivity index is 3.20. The fourth-order valence-corrected chi connectivity index (χ4v) is 3.02. The van der Waals surface area contributed by atoms with E-state index in [-0.39, 0.29) is 17.1 Å². The van der Waals surface area contributed by atoms with Crippen LogP contribution in [0.1, 0.15) is 25.8 Å². The third kappa shape index (κ3) is 3.07. The SMILES string of the molecule is CCC(C)(CO)NS(=O)(=O)c1ccccc1C#N. The Morgan fingerprint density at radius 3 is 2.56 bits per heavy atom. The van der Waals surface area contributed by atoms with Gasteiger partial charge in [-0.3, -0.25) is 0 Å². The Hall–Kier alpha value is -1.42. The smallest absolute Gasteiger partial charge is 0.242 e. The van der Waals surface area contributed by atoms with Crippen molar-refractivity contribution in [3.05, 3.63) is 29.8 Å². The van der Waals surface area contributed by atoms with E-state index in [1.807, 2.05) is 6.07 Å². The lowest BCUT2D eigenvalue weighted by Crippen LogP contribution is -2.48. The predicted octanol–water partition coefficient (Wildman–Crippen LogP) is 0.998. The Morgan fingerprint density at radius 1 is 1.44 bits per heavy atom. The molecule has 18 heavy (non-hydrogen) atoms. The minimum Gasteiger partial charge on any atom is -0.394 e. The van der Waals surface area contributed by atoms with Gasteiger partial charge in [-0.2, -0.15) is 5.26 Å². The standard InChI is InChI=1S/C12H16N2O3S/c1-3-12(2,9-15)14-18(16,17)11-7-5-4-6-10(11)8-13/h4-7,14-15H,3,9H2,1-2H3. The van der Waals surface area contributed by atoms with Crippen LogP contribution in [0.15, 0.2) is 29.2 Å². The second-order valence-corrected chi connectivity index (χ2v) is 5.94. The van der Waals surface area contributed by atoms with Crippen molar-refractivity contribution in [2.75, 3.05) is 6.61 Å². The maximum absolute atomic E-state index is 12.2. The number of nitrogens with one attached hydrogen (secondary N) is 1. The van der Waals surface area contributed by atoms with Gasteiger partial charge in [0, 0.05) is 0 Å². The van der Waals surface area contributed by atoms with Gasteiger partial charge in [0.25, 0.3) is 0 Å². The van der Waals surface area contributed by atoms with E-state index in [4.69, 9.17) is 5.26 Å². The van der Waals surface area contributed by atoms with Crippen molar-refractivity contribution in [2.45, 2.75) is 30.7 Å². The minimum atomic E-state index is -3.82. The number of hydrogen-bond donors (Lipinski definition) is 2. The summed E-state index contributed by atoms with van der Waals surface area (Å²) in [4.78, 5) is -0.0689. The number of benzene rings is 1. The molecule has 0 aliphatic carbocycles. The first kappa shape index (κ1) is 14.6. The summed E-state index contributed by atoms with van der Waals surface area (Å²) in [6.45, 7) is 3.08. The highest BCUT2D eigenvalue weighted by Gasteiger charge is 2.29. The quantitative estimate of drug-likeness (QED) is 0.833. The van der Waals surface area contributed by atoms with Gasteiger partial charge in [-0.15, -0.1) is 0 Å². The Bertz CT molecular complexity index is 557. The molecule has 0 spiro atoms. The lowest BCUT2D eigenvalue weighted by molar-refractivity contribution is 0.191. The lowest BCUT2D eigenvalue weighted by Gasteiger charge is -2.26. The van der Waals surface area contributed by atoms with Crippen LogP contribution in [0.2, 0.25) is 0 Å². The van der Waals surface area contributed by atoms with E-state index in [1.54, 1.807) is 26.0 Å². The van der Waals surface area contributed by atoms with E-state index in [1.165, 1.54) is 12.1 Å². The first-order valence-electron chi connectivity index (χ1n) is 5.52. The summed E-state index contributed by atoms with van der Waals surface area (Å²) in [5.74, 6) is 0. The van der Waals surface area contributed by atoms with E-state index in [2.05, 4.69) is 4.72 Å². The van der Waals surface area contributed by atoms with Crippen LogP contribution in [0, 0.1) is 11.3 Å². The lowest BCUT2D eigenvalue weighted by atomic mass is 10.0. The van der Waals surface area contributed by atoms with Gasteiger partial charge < -0.3 is 5.11 Å². The molecule has 5 nitrogen and oxygen atoms in total. The normalized spacial score (nSPS) is 14.8. The first-order valence-corrected chi connectivity index (χ1v) is 7.01. The third-order valence-electron chi connectivity index (χ3n) is 2.81. The largest absolute Gasteiger partial charge is 0.394 e. The van der Waals surface area contributed by atoms with Crippen LogP contribution >= 0.6 is 0 Å². The summed E-state index contributed by atoms with van der Waals surface area (Å²) in [7, 11) is -3.82. The molecule has 0 amide bonds. The topological polar surface area (TPSA) is 90.2 Å². The molecule has 98 valence electrons. The number of aliphatic hydroxyl groups excluding tert-OH is 1. The molecule has 0 bridgehead atoms. The minimum absolute atomic E-state index is 0.0689. The molecule has 0 fully saturated rings. The zero-order valence-electron chi connectivity index (χ0n) is 10.3. The van der Waals surface area contributed by atoms with Gasteiger partial charge in [0.1, 0.15) is 6.07 Å². The van der Waals surface area contributed by atoms with Crippen LogP contribution in [-0.4, -0.2) is 25.7 Å². The van der Waals surface area contributed by atoms with E-state index in [9.17, 15) is 13.5 Å². The predicted molar refractivity (Wildman–Crippen MR) is 67.3 cm³/mol. The van der Waals surface area contributed by atoms with Crippen LogP contribution in [0.25, 0.3) is 0 Å². The van der Waals surface area contributed by atoms with Gasteiger partial charge in [0.05, 0.1) is 22.6 Å². The van der Waals surface area contributed by atoms with Gasteiger partial charge in [0.2, 0.25) is 10.0 Å². The number of hydrogen-bond acceptors (Lipinski definition) is 4. The monoisotopic (exact) mass is 268 g/mol. The molecule has 1 unspecified atom stereocenters. The first-order chi connectivity index (χ1) is 8.38. The van der Waals surface area contributed by atoms with Crippen molar-refractivity contribution >= 4 is 10.0 Å². The van der Waals surface area contributed by atoms with Crippen LogP contribution < -0.4 is 4.72 Å². The zero-order chi connectivity index (χ0) is 13.8. The number of nitrogens with zero attached hydrogens (tertiary/aromatic N) is 1. The molecule has 0 aromatic heterocycles. The molecule has 1 aromatic carbocycles. The fourth-order valence-electron chi connectivity index (χ4n) is 1.39. The van der Waals surface area contributed by atoms with Crippen molar-refractivity contribution in [1.29, 1.82) is 5.26 Å². The van der Waals surface area contributed by atoms with Crippen LogP contribution in [-0.2, 0) is 10.0 Å². The second-order valence-electron chi connectivity index (χ2n) is 4.29. The highest BCUT2D eigenvalue weighted by molar-refractivity contribution is 7.89. The Morgan fingerprint density at radius 2 is 2.06 bits per heavy atom. The average Bonchev–Trinajstić information content (AvgIpc) is 2.38. The molecule has 1 aromatic rings. The van der Waals surface area contributed by atoms with Gasteiger partial charge in [0.15, 0.2) is 0 Å². The molecule has 0 saturated carbocycles. The Labute approximate surface area is 107 Å². The molecule has 1 atom stereocenters. The molecular formula is C12H16N2O3S. The summed E-state index contributed by atoms with van der Waals surface area (Å²) in [5, 5.41) is 18.1. The van der Waals surface area contributed by atoms with Crippen LogP contribution in [0.5, 0.6) is 0 Å².